The molecule has 0 saturated carbocycles. The monoisotopic (exact) mass is 223 g/mol. The molecule has 0 spiro atoms. The summed E-state index contributed by atoms with van der Waals surface area (Å²) in [5, 5.41) is 3.05. The Kier molecular flexibility index (Phi) is 3.99. The zero-order valence-corrected chi connectivity index (χ0v) is 9.95. The van der Waals surface area contributed by atoms with E-state index in [1.807, 2.05) is 6.92 Å². The van der Waals surface area contributed by atoms with Gasteiger partial charge in [-0.25, -0.2) is 0 Å². The number of allylic oxidation sites excluding steroid dienone is 2. The van der Waals surface area contributed by atoms with Gasteiger partial charge >= 0.3 is 0 Å². The lowest BCUT2D eigenvalue weighted by molar-refractivity contribution is -0.123. The summed E-state index contributed by atoms with van der Waals surface area (Å²) in [6.45, 7) is 2.88. The normalized spacial score (nSPS) is 30.6. The van der Waals surface area contributed by atoms with Crippen molar-refractivity contribution in [2.24, 2.45) is 5.92 Å². The first-order chi connectivity index (χ1) is 7.75. The molecule has 3 heteroatoms. The van der Waals surface area contributed by atoms with Crippen LogP contribution in [0.4, 0.5) is 0 Å². The maximum absolute atomic E-state index is 11.8. The molecular weight excluding hydrogens is 202 g/mol. The summed E-state index contributed by atoms with van der Waals surface area (Å²) in [6.07, 6.45) is 9.64. The van der Waals surface area contributed by atoms with Crippen LogP contribution in [0.3, 0.4) is 0 Å². The number of carbonyl (C=O) groups excluding carboxylic acids is 1. The highest BCUT2D eigenvalue weighted by Gasteiger charge is 2.24. The Morgan fingerprint density at radius 1 is 1.56 bits per heavy atom. The van der Waals surface area contributed by atoms with Crippen molar-refractivity contribution in [3.05, 3.63) is 12.2 Å². The summed E-state index contributed by atoms with van der Waals surface area (Å²) < 4.78 is 5.56. The molecular formula is C13H21NO2. The molecule has 1 saturated heterocycles. The van der Waals surface area contributed by atoms with Crippen molar-refractivity contribution in [1.29, 1.82) is 0 Å². The molecule has 0 unspecified atom stereocenters. The molecule has 0 aromatic heterocycles. The summed E-state index contributed by atoms with van der Waals surface area (Å²) in [7, 11) is 0. The topological polar surface area (TPSA) is 38.3 Å². The molecule has 1 N–H and O–H groups in total. The molecule has 1 aliphatic heterocycles. The minimum absolute atomic E-state index is 0.153. The number of hydrogen-bond acceptors (Lipinski definition) is 2. The highest BCUT2D eigenvalue weighted by Crippen LogP contribution is 2.20. The predicted molar refractivity (Wildman–Crippen MR) is 63.1 cm³/mol. The number of hydrogen-bond donors (Lipinski definition) is 1. The quantitative estimate of drug-likeness (QED) is 0.741. The Bertz CT molecular complexity index is 269. The summed E-state index contributed by atoms with van der Waals surface area (Å²) in [6, 6.07) is 0.153. The van der Waals surface area contributed by atoms with E-state index in [0.717, 1.165) is 32.3 Å². The van der Waals surface area contributed by atoms with Crippen LogP contribution >= 0.6 is 0 Å². The molecule has 1 heterocycles. The van der Waals surface area contributed by atoms with E-state index >= 15 is 0 Å². The molecule has 3 atom stereocenters. The fourth-order valence-electron chi connectivity index (χ4n) is 2.51. The van der Waals surface area contributed by atoms with Gasteiger partial charge in [-0.2, -0.15) is 0 Å². The highest BCUT2D eigenvalue weighted by molar-refractivity contribution is 5.76. The maximum Gasteiger partial charge on any atom is 0.220 e. The fourth-order valence-corrected chi connectivity index (χ4v) is 2.51. The fraction of sp³-hybridized carbons (Fsp3) is 0.769. The van der Waals surface area contributed by atoms with E-state index in [-0.39, 0.29) is 18.1 Å². The molecule has 1 amide bonds. The van der Waals surface area contributed by atoms with Gasteiger partial charge in [0.1, 0.15) is 0 Å². The molecule has 16 heavy (non-hydrogen) atoms. The van der Waals surface area contributed by atoms with Crippen molar-refractivity contribution >= 4 is 5.91 Å². The molecule has 2 rings (SSSR count). The molecule has 0 bridgehead atoms. The van der Waals surface area contributed by atoms with Gasteiger partial charge in [0.25, 0.3) is 0 Å². The summed E-state index contributed by atoms with van der Waals surface area (Å²) >= 11 is 0. The Balaban J connectivity index is 1.71. The third kappa shape index (κ3) is 3.08. The van der Waals surface area contributed by atoms with Crippen LogP contribution in [0.25, 0.3) is 0 Å². The minimum atomic E-state index is 0.153. The number of ether oxygens (including phenoxy) is 1. The number of rotatable bonds is 4. The molecule has 1 fully saturated rings. The average molecular weight is 223 g/mol. The molecule has 0 radical (unpaired) electrons. The van der Waals surface area contributed by atoms with Crippen LogP contribution in [0.2, 0.25) is 0 Å². The van der Waals surface area contributed by atoms with Gasteiger partial charge in [-0.15, -0.1) is 0 Å². The summed E-state index contributed by atoms with van der Waals surface area (Å²) in [4.78, 5) is 11.8. The van der Waals surface area contributed by atoms with E-state index in [1.54, 1.807) is 0 Å². The minimum Gasteiger partial charge on any atom is -0.376 e. The van der Waals surface area contributed by atoms with E-state index in [0.29, 0.717) is 12.3 Å². The molecule has 3 nitrogen and oxygen atoms in total. The SMILES string of the molecule is C[C@H](NC(=O)C[C@H]1C=CCC1)[C@H]1CCCO1. The van der Waals surface area contributed by atoms with Crippen LogP contribution in [0.15, 0.2) is 12.2 Å². The van der Waals surface area contributed by atoms with Crippen molar-refractivity contribution in [3.8, 4) is 0 Å². The average Bonchev–Trinajstić information content (AvgIpc) is 2.88. The van der Waals surface area contributed by atoms with E-state index < -0.39 is 0 Å². The van der Waals surface area contributed by atoms with Gasteiger partial charge in [0, 0.05) is 13.0 Å². The van der Waals surface area contributed by atoms with Gasteiger partial charge in [0.15, 0.2) is 0 Å². The summed E-state index contributed by atoms with van der Waals surface area (Å²) in [5.74, 6) is 0.622. The lowest BCUT2D eigenvalue weighted by atomic mass is 10.0. The van der Waals surface area contributed by atoms with Crippen LogP contribution in [0, 0.1) is 5.92 Å². The van der Waals surface area contributed by atoms with Crippen molar-refractivity contribution < 1.29 is 9.53 Å². The smallest absolute Gasteiger partial charge is 0.220 e. The van der Waals surface area contributed by atoms with E-state index in [1.165, 1.54) is 0 Å². The zero-order chi connectivity index (χ0) is 11.4. The number of amides is 1. The Morgan fingerprint density at radius 2 is 2.44 bits per heavy atom. The maximum atomic E-state index is 11.8. The molecule has 1 aliphatic carbocycles. The second-order valence-electron chi connectivity index (χ2n) is 4.88. The van der Waals surface area contributed by atoms with Crippen LogP contribution in [-0.4, -0.2) is 24.7 Å². The first-order valence-corrected chi connectivity index (χ1v) is 6.33. The molecule has 90 valence electrons. The van der Waals surface area contributed by atoms with Crippen LogP contribution in [0.5, 0.6) is 0 Å². The van der Waals surface area contributed by atoms with E-state index in [4.69, 9.17) is 4.74 Å². The first-order valence-electron chi connectivity index (χ1n) is 6.33. The molecule has 2 aliphatic rings. The Morgan fingerprint density at radius 3 is 3.06 bits per heavy atom. The van der Waals surface area contributed by atoms with Crippen molar-refractivity contribution in [1.82, 2.24) is 5.32 Å². The Hall–Kier alpha value is -0.830. The lowest BCUT2D eigenvalue weighted by Gasteiger charge is -2.20. The largest absolute Gasteiger partial charge is 0.376 e. The number of nitrogens with one attached hydrogen (secondary N) is 1. The Labute approximate surface area is 97.2 Å². The molecule has 0 aromatic rings. The standard InChI is InChI=1S/C13H21NO2/c1-10(12-7-4-8-16-12)14-13(15)9-11-5-2-3-6-11/h2,5,10-12H,3-4,6-9H2,1H3,(H,14,15)/t10-,11-,12+/m0/s1. The second-order valence-corrected chi connectivity index (χ2v) is 4.88. The van der Waals surface area contributed by atoms with Gasteiger partial charge in [0.2, 0.25) is 5.91 Å². The second kappa shape index (κ2) is 5.48. The predicted octanol–water partition coefficient (Wildman–Crippen LogP) is 2.03. The highest BCUT2D eigenvalue weighted by atomic mass is 16.5. The van der Waals surface area contributed by atoms with E-state index in [2.05, 4.69) is 17.5 Å². The third-order valence-corrected chi connectivity index (χ3v) is 3.47. The lowest BCUT2D eigenvalue weighted by Crippen LogP contribution is -2.41. The van der Waals surface area contributed by atoms with Gasteiger partial charge < -0.3 is 10.1 Å². The van der Waals surface area contributed by atoms with Gasteiger partial charge in [-0.3, -0.25) is 4.79 Å². The zero-order valence-electron chi connectivity index (χ0n) is 9.95. The van der Waals surface area contributed by atoms with Crippen LogP contribution in [0.1, 0.15) is 39.0 Å². The summed E-state index contributed by atoms with van der Waals surface area (Å²) in [5.41, 5.74) is 0. The third-order valence-electron chi connectivity index (χ3n) is 3.47. The van der Waals surface area contributed by atoms with Gasteiger partial charge in [-0.1, -0.05) is 12.2 Å². The molecule has 0 aromatic carbocycles. The van der Waals surface area contributed by atoms with Crippen LogP contribution < -0.4 is 5.32 Å². The van der Waals surface area contributed by atoms with Gasteiger partial charge in [0.05, 0.1) is 12.1 Å². The number of carbonyl (C=O) groups is 1. The van der Waals surface area contributed by atoms with Crippen molar-refractivity contribution in [2.45, 2.75) is 51.2 Å². The van der Waals surface area contributed by atoms with Crippen molar-refractivity contribution in [2.75, 3.05) is 6.61 Å². The van der Waals surface area contributed by atoms with E-state index in [9.17, 15) is 4.79 Å². The first kappa shape index (κ1) is 11.6. The van der Waals surface area contributed by atoms with Crippen molar-refractivity contribution in [3.63, 3.8) is 0 Å². The van der Waals surface area contributed by atoms with Gasteiger partial charge in [-0.05, 0) is 38.5 Å². The van der Waals surface area contributed by atoms with Crippen LogP contribution in [-0.2, 0) is 9.53 Å².